The van der Waals surface area contributed by atoms with Gasteiger partial charge in [0.15, 0.2) is 0 Å². The van der Waals surface area contributed by atoms with Gasteiger partial charge in [0.1, 0.15) is 0 Å². The molecule has 0 radical (unpaired) electrons. The van der Waals surface area contributed by atoms with E-state index in [0.717, 1.165) is 25.6 Å². The summed E-state index contributed by atoms with van der Waals surface area (Å²) in [6, 6.07) is 0.570. The minimum absolute atomic E-state index is 0.570. The zero-order valence-electron chi connectivity index (χ0n) is 11.8. The second kappa shape index (κ2) is 5.74. The fraction of sp³-hybridized carbons (Fsp3) is 0.786. The van der Waals surface area contributed by atoms with Gasteiger partial charge in [0.05, 0.1) is 0 Å². The van der Waals surface area contributed by atoms with E-state index in [9.17, 15) is 0 Å². The summed E-state index contributed by atoms with van der Waals surface area (Å²) in [5, 5.41) is 0. The predicted octanol–water partition coefficient (Wildman–Crippen LogP) is 2.10. The van der Waals surface area contributed by atoms with Crippen molar-refractivity contribution < 1.29 is 0 Å². The summed E-state index contributed by atoms with van der Waals surface area (Å²) < 4.78 is 2.28. The topological polar surface area (TPSA) is 47.1 Å². The van der Waals surface area contributed by atoms with Crippen molar-refractivity contribution >= 4 is 5.95 Å². The van der Waals surface area contributed by atoms with E-state index < -0.39 is 0 Å². The Hall–Kier alpha value is -1.03. The fourth-order valence-corrected chi connectivity index (χ4v) is 2.75. The Morgan fingerprint density at radius 2 is 2.22 bits per heavy atom. The van der Waals surface area contributed by atoms with Gasteiger partial charge in [-0.25, -0.2) is 4.98 Å². The number of nitrogens with zero attached hydrogens (tertiary/aromatic N) is 3. The van der Waals surface area contributed by atoms with Crippen LogP contribution in [0.3, 0.4) is 0 Å². The predicted molar refractivity (Wildman–Crippen MR) is 75.7 cm³/mol. The van der Waals surface area contributed by atoms with Gasteiger partial charge in [-0.05, 0) is 38.1 Å². The molecule has 1 aromatic rings. The van der Waals surface area contributed by atoms with Crippen LogP contribution in [0.15, 0.2) is 12.4 Å². The van der Waals surface area contributed by atoms with Crippen molar-refractivity contribution in [2.45, 2.75) is 46.2 Å². The fourth-order valence-electron chi connectivity index (χ4n) is 2.75. The minimum atomic E-state index is 0.570. The third-order valence-corrected chi connectivity index (χ3v) is 3.83. The van der Waals surface area contributed by atoms with Crippen LogP contribution in [0.25, 0.3) is 0 Å². The molecule has 4 nitrogen and oxygen atoms in total. The smallest absolute Gasteiger partial charge is 0.205 e. The van der Waals surface area contributed by atoms with E-state index in [1.165, 1.54) is 12.8 Å². The van der Waals surface area contributed by atoms with Crippen molar-refractivity contribution in [2.24, 2.45) is 17.6 Å². The van der Waals surface area contributed by atoms with Crippen LogP contribution < -0.4 is 10.6 Å². The van der Waals surface area contributed by atoms with Crippen molar-refractivity contribution in [1.82, 2.24) is 9.55 Å². The van der Waals surface area contributed by atoms with E-state index in [4.69, 9.17) is 5.73 Å². The molecule has 0 aliphatic carbocycles. The number of hydrogen-bond donors (Lipinski definition) is 1. The van der Waals surface area contributed by atoms with Crippen LogP contribution in [0.2, 0.25) is 0 Å². The number of piperidine rings is 1. The molecule has 0 saturated carbocycles. The molecule has 0 amide bonds. The zero-order valence-corrected chi connectivity index (χ0v) is 11.8. The second-order valence-corrected chi connectivity index (χ2v) is 5.95. The molecular formula is C14H26N4. The first-order valence-electron chi connectivity index (χ1n) is 7.09. The van der Waals surface area contributed by atoms with Crippen LogP contribution in [0.4, 0.5) is 5.95 Å². The van der Waals surface area contributed by atoms with Crippen LogP contribution in [0.1, 0.15) is 33.6 Å². The maximum absolute atomic E-state index is 5.83. The Balaban J connectivity index is 2.16. The molecule has 0 bridgehead atoms. The van der Waals surface area contributed by atoms with E-state index in [-0.39, 0.29) is 0 Å². The highest BCUT2D eigenvalue weighted by Gasteiger charge is 2.27. The molecule has 2 rings (SSSR count). The molecule has 102 valence electrons. The summed E-state index contributed by atoms with van der Waals surface area (Å²) in [5.74, 6) is 2.38. The van der Waals surface area contributed by atoms with E-state index in [2.05, 4.69) is 41.4 Å². The molecule has 0 aromatic carbocycles. The lowest BCUT2D eigenvalue weighted by Crippen LogP contribution is -2.45. The summed E-state index contributed by atoms with van der Waals surface area (Å²) in [5.41, 5.74) is 5.83. The third kappa shape index (κ3) is 2.86. The molecule has 1 aliphatic heterocycles. The van der Waals surface area contributed by atoms with E-state index in [0.29, 0.717) is 17.9 Å². The van der Waals surface area contributed by atoms with Gasteiger partial charge in [-0.1, -0.05) is 13.8 Å². The standard InChI is InChI=1S/C14H26N4/c1-11(2)9-17-7-6-16-14(17)18-10-13(8-15)5-4-12(18)3/h6-7,11-13H,4-5,8-10,15H2,1-3H3. The molecule has 2 atom stereocenters. The summed E-state index contributed by atoms with van der Waals surface area (Å²) in [4.78, 5) is 6.99. The molecule has 1 fully saturated rings. The molecule has 2 N–H and O–H groups in total. The molecule has 0 spiro atoms. The van der Waals surface area contributed by atoms with Crippen LogP contribution in [0, 0.1) is 11.8 Å². The highest BCUT2D eigenvalue weighted by Crippen LogP contribution is 2.26. The van der Waals surface area contributed by atoms with Crippen LogP contribution >= 0.6 is 0 Å². The van der Waals surface area contributed by atoms with E-state index in [1.807, 2.05) is 6.20 Å². The van der Waals surface area contributed by atoms with Crippen molar-refractivity contribution in [2.75, 3.05) is 18.0 Å². The largest absolute Gasteiger partial charge is 0.339 e. The van der Waals surface area contributed by atoms with Crippen LogP contribution in [-0.2, 0) is 6.54 Å². The molecule has 18 heavy (non-hydrogen) atoms. The van der Waals surface area contributed by atoms with E-state index >= 15 is 0 Å². The summed E-state index contributed by atoms with van der Waals surface area (Å²) in [7, 11) is 0. The lowest BCUT2D eigenvalue weighted by molar-refractivity contribution is 0.364. The lowest BCUT2D eigenvalue weighted by atomic mass is 9.94. The first kappa shape index (κ1) is 13.4. The molecule has 4 heteroatoms. The number of imidazole rings is 1. The molecule has 2 heterocycles. The number of aromatic nitrogens is 2. The lowest BCUT2D eigenvalue weighted by Gasteiger charge is -2.38. The minimum Gasteiger partial charge on any atom is -0.339 e. The van der Waals surface area contributed by atoms with Crippen LogP contribution in [-0.4, -0.2) is 28.7 Å². The zero-order chi connectivity index (χ0) is 13.1. The molecule has 2 unspecified atom stereocenters. The highest BCUT2D eigenvalue weighted by atomic mass is 15.3. The van der Waals surface area contributed by atoms with Gasteiger partial charge in [-0.3, -0.25) is 0 Å². The molecule has 1 aliphatic rings. The Morgan fingerprint density at radius 1 is 1.44 bits per heavy atom. The van der Waals surface area contributed by atoms with Gasteiger partial charge in [-0.15, -0.1) is 0 Å². The van der Waals surface area contributed by atoms with E-state index in [1.54, 1.807) is 0 Å². The van der Waals surface area contributed by atoms with Gasteiger partial charge >= 0.3 is 0 Å². The van der Waals surface area contributed by atoms with Crippen molar-refractivity contribution in [3.05, 3.63) is 12.4 Å². The Kier molecular flexibility index (Phi) is 4.27. The Morgan fingerprint density at radius 3 is 2.89 bits per heavy atom. The van der Waals surface area contributed by atoms with Crippen molar-refractivity contribution in [1.29, 1.82) is 0 Å². The van der Waals surface area contributed by atoms with Crippen LogP contribution in [0.5, 0.6) is 0 Å². The maximum atomic E-state index is 5.83. The average molecular weight is 250 g/mol. The number of hydrogen-bond acceptors (Lipinski definition) is 3. The quantitative estimate of drug-likeness (QED) is 0.890. The molecule has 1 aromatic heterocycles. The maximum Gasteiger partial charge on any atom is 0.205 e. The monoisotopic (exact) mass is 250 g/mol. The van der Waals surface area contributed by atoms with Gasteiger partial charge in [-0.2, -0.15) is 0 Å². The summed E-state index contributed by atoms with van der Waals surface area (Å²) in [6.45, 7) is 9.64. The van der Waals surface area contributed by atoms with Gasteiger partial charge in [0, 0.05) is 31.5 Å². The van der Waals surface area contributed by atoms with Crippen molar-refractivity contribution in [3.63, 3.8) is 0 Å². The Bertz CT molecular complexity index is 372. The molecular weight excluding hydrogens is 224 g/mol. The van der Waals surface area contributed by atoms with Crippen molar-refractivity contribution in [3.8, 4) is 0 Å². The highest BCUT2D eigenvalue weighted by molar-refractivity contribution is 5.34. The SMILES string of the molecule is CC(C)Cn1ccnc1N1CC(CN)CCC1C. The third-order valence-electron chi connectivity index (χ3n) is 3.83. The first-order chi connectivity index (χ1) is 8.61. The second-order valence-electron chi connectivity index (χ2n) is 5.95. The van der Waals surface area contributed by atoms with Gasteiger partial charge < -0.3 is 15.2 Å². The number of rotatable bonds is 4. The summed E-state index contributed by atoms with van der Waals surface area (Å²) >= 11 is 0. The van der Waals surface area contributed by atoms with Gasteiger partial charge in [0.25, 0.3) is 0 Å². The molecule has 1 saturated heterocycles. The number of nitrogens with two attached hydrogens (primary N) is 1. The normalized spacial score (nSPS) is 24.8. The first-order valence-corrected chi connectivity index (χ1v) is 7.09. The van der Waals surface area contributed by atoms with Gasteiger partial charge in [0.2, 0.25) is 5.95 Å². The number of anilines is 1. The Labute approximate surface area is 110 Å². The summed E-state index contributed by atoms with van der Waals surface area (Å²) in [6.07, 6.45) is 6.47. The average Bonchev–Trinajstić information content (AvgIpc) is 2.77.